The second-order valence-electron chi connectivity index (χ2n) is 5.81. The highest BCUT2D eigenvalue weighted by atomic mass is 35.5. The summed E-state index contributed by atoms with van der Waals surface area (Å²) in [5.41, 5.74) is 5.87. The standard InChI is InChI=1S/C15H18Cl2N2O2/c1-14(2)15(3,4)21-13(20-14)5-6-19-12-8-11(18)9(16)7-10(12)17/h5-8H,18H2,1-4H3. The largest absolute Gasteiger partial charge is 0.455 e. The Morgan fingerprint density at radius 2 is 1.62 bits per heavy atom. The summed E-state index contributed by atoms with van der Waals surface area (Å²) in [5, 5.41) is 0.834. The normalized spacial score (nSPS) is 19.4. The minimum atomic E-state index is -0.408. The van der Waals surface area contributed by atoms with Crippen LogP contribution in [0.25, 0.3) is 0 Å². The molecule has 114 valence electrons. The van der Waals surface area contributed by atoms with Crippen LogP contribution in [0.1, 0.15) is 27.7 Å². The number of ether oxygens (including phenoxy) is 2. The molecule has 0 bridgehead atoms. The first-order chi connectivity index (χ1) is 9.62. The molecule has 6 heteroatoms. The number of aliphatic imine (C=N–C) groups is 1. The summed E-state index contributed by atoms with van der Waals surface area (Å²) < 4.78 is 11.5. The quantitative estimate of drug-likeness (QED) is 0.631. The van der Waals surface area contributed by atoms with Crippen molar-refractivity contribution in [2.45, 2.75) is 38.9 Å². The van der Waals surface area contributed by atoms with Crippen molar-refractivity contribution in [1.29, 1.82) is 0 Å². The van der Waals surface area contributed by atoms with Gasteiger partial charge in [0.05, 0.1) is 21.4 Å². The van der Waals surface area contributed by atoms with Crippen molar-refractivity contribution in [2.24, 2.45) is 4.99 Å². The third-order valence-electron chi connectivity index (χ3n) is 3.65. The molecule has 0 atom stereocenters. The molecule has 1 aliphatic heterocycles. The van der Waals surface area contributed by atoms with Crippen LogP contribution in [0.15, 0.2) is 29.1 Å². The molecular formula is C15H18Cl2N2O2. The molecule has 2 rings (SSSR count). The maximum absolute atomic E-state index is 6.05. The van der Waals surface area contributed by atoms with Gasteiger partial charge in [-0.25, -0.2) is 0 Å². The number of hydrogen-bond acceptors (Lipinski definition) is 4. The highest BCUT2D eigenvalue weighted by Gasteiger charge is 2.48. The molecule has 0 aliphatic carbocycles. The molecule has 2 N–H and O–H groups in total. The molecule has 4 nitrogen and oxygen atoms in total. The van der Waals surface area contributed by atoms with E-state index >= 15 is 0 Å². The first-order valence-corrected chi connectivity index (χ1v) is 7.25. The molecule has 0 aromatic heterocycles. The molecular weight excluding hydrogens is 311 g/mol. The lowest BCUT2D eigenvalue weighted by Crippen LogP contribution is -2.41. The zero-order valence-electron chi connectivity index (χ0n) is 12.4. The average molecular weight is 329 g/mol. The van der Waals surface area contributed by atoms with E-state index in [9.17, 15) is 0 Å². The zero-order valence-corrected chi connectivity index (χ0v) is 13.9. The number of halogens is 2. The number of nitrogen functional groups attached to an aromatic ring is 1. The summed E-state index contributed by atoms with van der Waals surface area (Å²) in [4.78, 5) is 4.23. The van der Waals surface area contributed by atoms with E-state index in [4.69, 9.17) is 38.4 Å². The number of nitrogens with two attached hydrogens (primary N) is 1. The number of hydrogen-bond donors (Lipinski definition) is 1. The molecule has 0 spiro atoms. The van der Waals surface area contributed by atoms with Crippen LogP contribution in [-0.4, -0.2) is 17.4 Å². The molecule has 1 saturated heterocycles. The molecule has 0 radical (unpaired) electrons. The summed E-state index contributed by atoms with van der Waals surface area (Å²) in [6.07, 6.45) is 3.21. The van der Waals surface area contributed by atoms with Gasteiger partial charge in [0.2, 0.25) is 0 Å². The average Bonchev–Trinajstić information content (AvgIpc) is 2.54. The molecule has 0 saturated carbocycles. The van der Waals surface area contributed by atoms with Gasteiger partial charge in [0.15, 0.2) is 0 Å². The van der Waals surface area contributed by atoms with Gasteiger partial charge in [-0.3, -0.25) is 4.99 Å². The molecule has 1 fully saturated rings. The Kier molecular flexibility index (Phi) is 4.13. The van der Waals surface area contributed by atoms with E-state index in [1.54, 1.807) is 24.4 Å². The Bertz CT molecular complexity index is 604. The Balaban J connectivity index is 2.17. The van der Waals surface area contributed by atoms with E-state index < -0.39 is 11.2 Å². The van der Waals surface area contributed by atoms with Crippen LogP contribution in [0.4, 0.5) is 11.4 Å². The van der Waals surface area contributed by atoms with E-state index in [-0.39, 0.29) is 0 Å². The lowest BCUT2D eigenvalue weighted by molar-refractivity contribution is 0.00578. The van der Waals surface area contributed by atoms with Crippen LogP contribution in [0.5, 0.6) is 0 Å². The SMILES string of the molecule is CC1(C)OC(=CC=Nc2cc(N)c(Cl)cc2Cl)OC1(C)C. The summed E-state index contributed by atoms with van der Waals surface area (Å²) in [6.45, 7) is 7.90. The van der Waals surface area contributed by atoms with Gasteiger partial charge >= 0.3 is 0 Å². The maximum atomic E-state index is 6.05. The molecule has 0 unspecified atom stereocenters. The van der Waals surface area contributed by atoms with Crippen molar-refractivity contribution in [2.75, 3.05) is 5.73 Å². The van der Waals surface area contributed by atoms with Crippen molar-refractivity contribution in [3.05, 3.63) is 34.2 Å². The van der Waals surface area contributed by atoms with Crippen LogP contribution in [0.2, 0.25) is 10.0 Å². The smallest absolute Gasteiger partial charge is 0.282 e. The van der Waals surface area contributed by atoms with Gasteiger partial charge in [-0.15, -0.1) is 0 Å². The second kappa shape index (κ2) is 5.43. The number of allylic oxidation sites excluding steroid dienone is 1. The number of benzene rings is 1. The highest BCUT2D eigenvalue weighted by Crippen LogP contribution is 2.40. The molecule has 1 aromatic rings. The first kappa shape index (κ1) is 16.0. The van der Waals surface area contributed by atoms with Crippen molar-refractivity contribution >= 4 is 40.8 Å². The Morgan fingerprint density at radius 3 is 2.19 bits per heavy atom. The van der Waals surface area contributed by atoms with Crippen LogP contribution >= 0.6 is 23.2 Å². The Hall–Kier alpha value is -1.39. The van der Waals surface area contributed by atoms with Crippen LogP contribution < -0.4 is 5.73 Å². The van der Waals surface area contributed by atoms with Gasteiger partial charge < -0.3 is 15.2 Å². The molecule has 1 aromatic carbocycles. The van der Waals surface area contributed by atoms with E-state index in [0.717, 1.165) is 0 Å². The highest BCUT2D eigenvalue weighted by molar-refractivity contribution is 6.37. The third kappa shape index (κ3) is 3.27. The maximum Gasteiger partial charge on any atom is 0.282 e. The van der Waals surface area contributed by atoms with Crippen LogP contribution in [-0.2, 0) is 9.47 Å². The summed E-state index contributed by atoms with van der Waals surface area (Å²) in [5.74, 6) is 0.423. The topological polar surface area (TPSA) is 56.8 Å². The van der Waals surface area contributed by atoms with Gasteiger partial charge in [0.25, 0.3) is 5.95 Å². The molecule has 0 amide bonds. The van der Waals surface area contributed by atoms with E-state index in [0.29, 0.717) is 27.4 Å². The lowest BCUT2D eigenvalue weighted by Gasteiger charge is -2.28. The van der Waals surface area contributed by atoms with Crippen molar-refractivity contribution in [1.82, 2.24) is 0 Å². The number of nitrogens with zero attached hydrogens (tertiary/aromatic N) is 1. The third-order valence-corrected chi connectivity index (χ3v) is 4.28. The summed E-state index contributed by atoms with van der Waals surface area (Å²) in [7, 11) is 0. The fourth-order valence-corrected chi connectivity index (χ4v) is 2.10. The number of rotatable bonds is 2. The lowest BCUT2D eigenvalue weighted by atomic mass is 9.90. The van der Waals surface area contributed by atoms with Gasteiger partial charge in [-0.2, -0.15) is 0 Å². The van der Waals surface area contributed by atoms with Gasteiger partial charge in [0.1, 0.15) is 11.2 Å². The minimum absolute atomic E-state index is 0.406. The predicted molar refractivity (Wildman–Crippen MR) is 87.4 cm³/mol. The van der Waals surface area contributed by atoms with E-state index in [1.165, 1.54) is 0 Å². The monoisotopic (exact) mass is 328 g/mol. The van der Waals surface area contributed by atoms with Gasteiger partial charge in [-0.05, 0) is 39.8 Å². The minimum Gasteiger partial charge on any atom is -0.455 e. The fourth-order valence-electron chi connectivity index (χ4n) is 1.67. The van der Waals surface area contributed by atoms with Crippen molar-refractivity contribution < 1.29 is 9.47 Å². The van der Waals surface area contributed by atoms with Crippen LogP contribution in [0.3, 0.4) is 0 Å². The zero-order chi connectivity index (χ0) is 15.8. The molecule has 1 heterocycles. The van der Waals surface area contributed by atoms with Crippen molar-refractivity contribution in [3.63, 3.8) is 0 Å². The fraction of sp³-hybridized carbons (Fsp3) is 0.400. The van der Waals surface area contributed by atoms with E-state index in [1.807, 2.05) is 27.7 Å². The molecule has 1 aliphatic rings. The Morgan fingerprint density at radius 1 is 1.05 bits per heavy atom. The second-order valence-corrected chi connectivity index (χ2v) is 6.63. The number of anilines is 1. The molecule has 21 heavy (non-hydrogen) atoms. The van der Waals surface area contributed by atoms with Crippen LogP contribution in [0, 0.1) is 0 Å². The predicted octanol–water partition coefficient (Wildman–Crippen LogP) is 4.72. The summed E-state index contributed by atoms with van der Waals surface area (Å²) >= 11 is 11.9. The van der Waals surface area contributed by atoms with Crippen molar-refractivity contribution in [3.8, 4) is 0 Å². The van der Waals surface area contributed by atoms with E-state index in [2.05, 4.69) is 4.99 Å². The van der Waals surface area contributed by atoms with Gasteiger partial charge in [-0.1, -0.05) is 23.2 Å². The van der Waals surface area contributed by atoms with Gasteiger partial charge in [0, 0.05) is 12.3 Å². The first-order valence-electron chi connectivity index (χ1n) is 6.49. The Labute approximate surface area is 134 Å². The summed E-state index contributed by atoms with van der Waals surface area (Å²) in [6, 6.07) is 3.18.